The molecular formula is C23H16ClN3O2. The summed E-state index contributed by atoms with van der Waals surface area (Å²) >= 11 is 5.93. The minimum atomic E-state index is -0.356. The molecular weight excluding hydrogens is 386 g/mol. The van der Waals surface area contributed by atoms with Gasteiger partial charge in [0.2, 0.25) is 0 Å². The van der Waals surface area contributed by atoms with Gasteiger partial charge in [-0.2, -0.15) is 10.1 Å². The summed E-state index contributed by atoms with van der Waals surface area (Å²) in [6, 6.07) is 23.3. The molecule has 1 N–H and O–H groups in total. The topological polar surface area (TPSA) is 65.3 Å². The van der Waals surface area contributed by atoms with Gasteiger partial charge < -0.3 is 5.11 Å². The Kier molecular flexibility index (Phi) is 5.22. The van der Waals surface area contributed by atoms with E-state index in [1.165, 1.54) is 11.2 Å². The van der Waals surface area contributed by atoms with Gasteiger partial charge in [0.1, 0.15) is 11.4 Å². The number of nitrogens with zero attached hydrogens (tertiary/aromatic N) is 3. The second-order valence-corrected chi connectivity index (χ2v) is 6.74. The van der Waals surface area contributed by atoms with Gasteiger partial charge >= 0.3 is 0 Å². The second-order valence-electron chi connectivity index (χ2n) is 6.30. The summed E-state index contributed by atoms with van der Waals surface area (Å²) in [5, 5.41) is 16.1. The highest BCUT2D eigenvalue weighted by atomic mass is 35.5. The number of phenols is 1. The zero-order valence-electron chi connectivity index (χ0n) is 15.2. The number of carbonyl (C=O) groups excluding carboxylic acids is 1. The van der Waals surface area contributed by atoms with Crippen molar-refractivity contribution in [2.75, 3.05) is 0 Å². The van der Waals surface area contributed by atoms with Crippen molar-refractivity contribution in [1.29, 1.82) is 0 Å². The van der Waals surface area contributed by atoms with E-state index in [1.54, 1.807) is 42.5 Å². The van der Waals surface area contributed by atoms with Crippen molar-refractivity contribution in [3.8, 4) is 5.75 Å². The van der Waals surface area contributed by atoms with Gasteiger partial charge in [0.25, 0.3) is 5.91 Å². The summed E-state index contributed by atoms with van der Waals surface area (Å²) < 4.78 is 0. The maximum Gasteiger partial charge on any atom is 0.298 e. The van der Waals surface area contributed by atoms with Crippen molar-refractivity contribution >= 4 is 35.6 Å². The van der Waals surface area contributed by atoms with E-state index in [9.17, 15) is 9.90 Å². The highest BCUT2D eigenvalue weighted by Gasteiger charge is 2.31. The minimum Gasteiger partial charge on any atom is -0.507 e. The predicted molar refractivity (Wildman–Crippen MR) is 115 cm³/mol. The van der Waals surface area contributed by atoms with E-state index in [0.717, 1.165) is 11.1 Å². The molecule has 142 valence electrons. The van der Waals surface area contributed by atoms with Crippen LogP contribution in [0.4, 0.5) is 0 Å². The predicted octanol–water partition coefficient (Wildman–Crippen LogP) is 4.71. The third-order valence-corrected chi connectivity index (χ3v) is 4.54. The van der Waals surface area contributed by atoms with Crippen LogP contribution in [0.2, 0.25) is 5.02 Å². The first-order chi connectivity index (χ1) is 14.1. The molecule has 1 amide bonds. The zero-order chi connectivity index (χ0) is 20.2. The summed E-state index contributed by atoms with van der Waals surface area (Å²) in [7, 11) is 0. The maximum absolute atomic E-state index is 13.0. The van der Waals surface area contributed by atoms with Gasteiger partial charge in [-0.15, -0.1) is 0 Å². The van der Waals surface area contributed by atoms with Crippen molar-refractivity contribution in [2.45, 2.75) is 0 Å². The number of carbonyl (C=O) groups is 1. The van der Waals surface area contributed by atoms with Crippen LogP contribution in [-0.2, 0) is 4.79 Å². The Labute approximate surface area is 172 Å². The number of halogens is 1. The van der Waals surface area contributed by atoms with E-state index in [-0.39, 0.29) is 17.4 Å². The Hall–Kier alpha value is -3.70. The Morgan fingerprint density at radius 3 is 2.34 bits per heavy atom. The van der Waals surface area contributed by atoms with E-state index in [0.29, 0.717) is 16.4 Å². The molecule has 0 saturated carbocycles. The summed E-state index contributed by atoms with van der Waals surface area (Å²) in [6.07, 6.45) is 3.13. The first kappa shape index (κ1) is 18.7. The lowest BCUT2D eigenvalue weighted by Crippen LogP contribution is -2.27. The number of aromatic hydroxyl groups is 1. The number of para-hydroxylation sites is 1. The van der Waals surface area contributed by atoms with Gasteiger partial charge in [0.05, 0.1) is 6.21 Å². The Morgan fingerprint density at radius 2 is 1.62 bits per heavy atom. The smallest absolute Gasteiger partial charge is 0.298 e. The number of hydrogen-bond acceptors (Lipinski definition) is 4. The zero-order valence-corrected chi connectivity index (χ0v) is 16.0. The molecule has 0 unspecified atom stereocenters. The monoisotopic (exact) mass is 401 g/mol. The fourth-order valence-electron chi connectivity index (χ4n) is 2.82. The van der Waals surface area contributed by atoms with Crippen LogP contribution in [0.15, 0.2) is 94.7 Å². The molecule has 0 atom stereocenters. The highest BCUT2D eigenvalue weighted by Crippen LogP contribution is 2.23. The molecule has 29 heavy (non-hydrogen) atoms. The average molecular weight is 402 g/mol. The standard InChI is InChI=1S/C23H16ClN3O2/c24-19-12-10-16(11-13-19)14-20-23(29)27(22(26-20)17-6-2-1-3-7-17)25-15-18-8-4-5-9-21(18)28/h1-15,28H/b20-14?,25-15+. The van der Waals surface area contributed by atoms with E-state index < -0.39 is 0 Å². The van der Waals surface area contributed by atoms with Crippen molar-refractivity contribution in [2.24, 2.45) is 10.1 Å². The molecule has 0 bridgehead atoms. The molecule has 6 heteroatoms. The molecule has 0 saturated heterocycles. The molecule has 0 radical (unpaired) electrons. The first-order valence-electron chi connectivity index (χ1n) is 8.89. The number of hydrogen-bond donors (Lipinski definition) is 1. The van der Waals surface area contributed by atoms with Crippen molar-refractivity contribution in [3.05, 3.63) is 106 Å². The van der Waals surface area contributed by atoms with Gasteiger partial charge in [-0.1, -0.05) is 66.2 Å². The number of phenolic OH excluding ortho intramolecular Hbond substituents is 1. The quantitative estimate of drug-likeness (QED) is 0.508. The number of amides is 1. The maximum atomic E-state index is 13.0. The van der Waals surface area contributed by atoms with E-state index >= 15 is 0 Å². The van der Waals surface area contributed by atoms with E-state index in [1.807, 2.05) is 42.5 Å². The van der Waals surface area contributed by atoms with E-state index in [4.69, 9.17) is 11.6 Å². The minimum absolute atomic E-state index is 0.0815. The van der Waals surface area contributed by atoms with Crippen molar-refractivity contribution in [1.82, 2.24) is 5.01 Å². The third kappa shape index (κ3) is 4.10. The summed E-state index contributed by atoms with van der Waals surface area (Å²) in [6.45, 7) is 0. The third-order valence-electron chi connectivity index (χ3n) is 4.29. The van der Waals surface area contributed by atoms with Gasteiger partial charge in [-0.05, 0) is 35.9 Å². The van der Waals surface area contributed by atoms with Crippen LogP contribution in [0.5, 0.6) is 5.75 Å². The Bertz CT molecular complexity index is 1140. The first-order valence-corrected chi connectivity index (χ1v) is 9.27. The fraction of sp³-hybridized carbons (Fsp3) is 0. The summed E-state index contributed by atoms with van der Waals surface area (Å²) in [5.74, 6) is 0.144. The number of benzene rings is 3. The van der Waals surface area contributed by atoms with Crippen molar-refractivity contribution in [3.63, 3.8) is 0 Å². The molecule has 0 spiro atoms. The highest BCUT2D eigenvalue weighted by molar-refractivity contribution is 6.30. The molecule has 5 nitrogen and oxygen atoms in total. The second kappa shape index (κ2) is 8.12. The van der Waals surface area contributed by atoms with E-state index in [2.05, 4.69) is 10.1 Å². The molecule has 1 heterocycles. The summed E-state index contributed by atoms with van der Waals surface area (Å²) in [4.78, 5) is 17.5. The lowest BCUT2D eigenvalue weighted by Gasteiger charge is -2.12. The SMILES string of the molecule is O=C1C(=Cc2ccc(Cl)cc2)N=C(c2ccccc2)N1/N=C/c1ccccc1O. The van der Waals surface area contributed by atoms with Crippen LogP contribution in [-0.4, -0.2) is 28.1 Å². The van der Waals surface area contributed by atoms with Gasteiger partial charge in [0, 0.05) is 16.1 Å². The molecule has 3 aromatic carbocycles. The largest absolute Gasteiger partial charge is 0.507 e. The number of rotatable bonds is 4. The average Bonchev–Trinajstić information content (AvgIpc) is 3.05. The van der Waals surface area contributed by atoms with Crippen LogP contribution in [0.1, 0.15) is 16.7 Å². The van der Waals surface area contributed by atoms with Crippen LogP contribution in [0.3, 0.4) is 0 Å². The van der Waals surface area contributed by atoms with Crippen molar-refractivity contribution < 1.29 is 9.90 Å². The number of hydrazone groups is 1. The molecule has 0 aromatic heterocycles. The van der Waals surface area contributed by atoms with Gasteiger partial charge in [-0.3, -0.25) is 4.79 Å². The van der Waals surface area contributed by atoms with Crippen LogP contribution in [0, 0.1) is 0 Å². The molecule has 1 aliphatic heterocycles. The molecule has 1 aliphatic rings. The van der Waals surface area contributed by atoms with Gasteiger partial charge in [0.15, 0.2) is 5.84 Å². The number of aliphatic imine (C=N–C) groups is 1. The molecule has 0 fully saturated rings. The van der Waals surface area contributed by atoms with Crippen LogP contribution in [0.25, 0.3) is 6.08 Å². The normalized spacial score (nSPS) is 15.3. The number of amidine groups is 1. The Balaban J connectivity index is 1.73. The Morgan fingerprint density at radius 1 is 0.931 bits per heavy atom. The lowest BCUT2D eigenvalue weighted by atomic mass is 10.2. The van der Waals surface area contributed by atoms with Crippen LogP contribution < -0.4 is 0 Å². The lowest BCUT2D eigenvalue weighted by molar-refractivity contribution is -0.122. The van der Waals surface area contributed by atoms with Gasteiger partial charge in [-0.25, -0.2) is 4.99 Å². The molecule has 0 aliphatic carbocycles. The fourth-order valence-corrected chi connectivity index (χ4v) is 2.95. The van der Waals surface area contributed by atoms with Crippen LogP contribution >= 0.6 is 11.6 Å². The molecule has 3 aromatic rings. The molecule has 4 rings (SSSR count). The summed E-state index contributed by atoms with van der Waals surface area (Å²) in [5.41, 5.74) is 2.33.